The summed E-state index contributed by atoms with van der Waals surface area (Å²) >= 11 is 0. The Labute approximate surface area is 181 Å². The van der Waals surface area contributed by atoms with Crippen LogP contribution in [0.25, 0.3) is 0 Å². The normalized spacial score (nSPS) is 15.7. The van der Waals surface area contributed by atoms with Crippen molar-refractivity contribution in [3.8, 4) is 0 Å². The highest BCUT2D eigenvalue weighted by atomic mass is 16.2. The van der Waals surface area contributed by atoms with Gasteiger partial charge in [-0.1, -0.05) is 6.07 Å². The maximum Gasteiger partial charge on any atom is 0.255 e. The van der Waals surface area contributed by atoms with Crippen molar-refractivity contribution in [2.24, 2.45) is 5.92 Å². The molecule has 8 nitrogen and oxygen atoms in total. The number of nitrogens with zero attached hydrogens (tertiary/aromatic N) is 1. The fourth-order valence-corrected chi connectivity index (χ4v) is 3.44. The SMILES string of the molecule is CC(=O)Nc1cccc(NC(=O)c2ccc(NC(=O)C3CC(=O)N(C(C)C)C3)cc2)c1. The van der Waals surface area contributed by atoms with Gasteiger partial charge in [0.15, 0.2) is 0 Å². The monoisotopic (exact) mass is 422 g/mol. The minimum absolute atomic E-state index is 0.00950. The van der Waals surface area contributed by atoms with Gasteiger partial charge in [-0.05, 0) is 56.3 Å². The first kappa shape index (κ1) is 22.0. The van der Waals surface area contributed by atoms with Crippen LogP contribution in [0.15, 0.2) is 48.5 Å². The third kappa shape index (κ3) is 5.69. The van der Waals surface area contributed by atoms with E-state index in [4.69, 9.17) is 0 Å². The lowest BCUT2D eigenvalue weighted by molar-refractivity contribution is -0.129. The van der Waals surface area contributed by atoms with Crippen molar-refractivity contribution in [3.05, 3.63) is 54.1 Å². The molecule has 0 saturated carbocycles. The summed E-state index contributed by atoms with van der Waals surface area (Å²) in [6, 6.07) is 13.4. The molecular weight excluding hydrogens is 396 g/mol. The minimum Gasteiger partial charge on any atom is -0.339 e. The first-order chi connectivity index (χ1) is 14.7. The van der Waals surface area contributed by atoms with Crippen LogP contribution in [0.3, 0.4) is 0 Å². The smallest absolute Gasteiger partial charge is 0.255 e. The van der Waals surface area contributed by atoms with Crippen LogP contribution in [-0.4, -0.2) is 41.1 Å². The number of carbonyl (C=O) groups is 4. The Morgan fingerprint density at radius 2 is 1.58 bits per heavy atom. The second kappa shape index (κ2) is 9.42. The van der Waals surface area contributed by atoms with E-state index in [2.05, 4.69) is 16.0 Å². The van der Waals surface area contributed by atoms with E-state index in [1.165, 1.54) is 6.92 Å². The molecule has 2 aromatic rings. The first-order valence-corrected chi connectivity index (χ1v) is 10.1. The third-order valence-electron chi connectivity index (χ3n) is 5.01. The molecule has 0 radical (unpaired) electrons. The Bertz CT molecular complexity index is 1000. The summed E-state index contributed by atoms with van der Waals surface area (Å²) in [7, 11) is 0. The van der Waals surface area contributed by atoms with Crippen molar-refractivity contribution < 1.29 is 19.2 Å². The van der Waals surface area contributed by atoms with Gasteiger partial charge < -0.3 is 20.9 Å². The van der Waals surface area contributed by atoms with Gasteiger partial charge in [-0.3, -0.25) is 19.2 Å². The summed E-state index contributed by atoms with van der Waals surface area (Å²) in [6.07, 6.45) is 0.210. The predicted octanol–water partition coefficient (Wildman–Crippen LogP) is 3.09. The molecule has 0 aromatic heterocycles. The topological polar surface area (TPSA) is 108 Å². The molecule has 1 atom stereocenters. The van der Waals surface area contributed by atoms with Crippen LogP contribution < -0.4 is 16.0 Å². The lowest BCUT2D eigenvalue weighted by Crippen LogP contribution is -2.33. The zero-order chi connectivity index (χ0) is 22.5. The largest absolute Gasteiger partial charge is 0.339 e. The van der Waals surface area contributed by atoms with E-state index < -0.39 is 0 Å². The van der Waals surface area contributed by atoms with Crippen molar-refractivity contribution in [1.82, 2.24) is 4.90 Å². The molecule has 1 fully saturated rings. The van der Waals surface area contributed by atoms with Gasteiger partial charge in [-0.2, -0.15) is 0 Å². The Morgan fingerprint density at radius 3 is 2.16 bits per heavy atom. The number of rotatable bonds is 6. The van der Waals surface area contributed by atoms with Gasteiger partial charge in [0.05, 0.1) is 5.92 Å². The average molecular weight is 422 g/mol. The molecule has 8 heteroatoms. The van der Waals surface area contributed by atoms with E-state index in [-0.39, 0.29) is 42.0 Å². The average Bonchev–Trinajstić information content (AvgIpc) is 3.10. The number of benzene rings is 2. The first-order valence-electron chi connectivity index (χ1n) is 10.1. The van der Waals surface area contributed by atoms with Crippen molar-refractivity contribution in [3.63, 3.8) is 0 Å². The summed E-state index contributed by atoms with van der Waals surface area (Å²) in [5.41, 5.74) is 2.12. The highest BCUT2D eigenvalue weighted by Crippen LogP contribution is 2.22. The van der Waals surface area contributed by atoms with Crippen molar-refractivity contribution in [2.75, 3.05) is 22.5 Å². The van der Waals surface area contributed by atoms with E-state index in [1.807, 2.05) is 13.8 Å². The molecular formula is C23H26N4O4. The standard InChI is InChI=1S/C23H26N4O4/c1-14(2)27-13-17(11-21(27)29)23(31)25-18-9-7-16(8-10-18)22(30)26-20-6-4-5-19(12-20)24-15(3)28/h4-10,12,14,17H,11,13H2,1-3H3,(H,24,28)(H,25,31)(H,26,30). The Morgan fingerprint density at radius 1 is 0.935 bits per heavy atom. The van der Waals surface area contributed by atoms with Crippen LogP contribution in [0, 0.1) is 5.92 Å². The summed E-state index contributed by atoms with van der Waals surface area (Å²) in [4.78, 5) is 49.9. The molecule has 162 valence electrons. The number of amides is 4. The zero-order valence-electron chi connectivity index (χ0n) is 17.8. The Hall–Kier alpha value is -3.68. The molecule has 1 heterocycles. The van der Waals surface area contributed by atoms with Gasteiger partial charge >= 0.3 is 0 Å². The van der Waals surface area contributed by atoms with Gasteiger partial charge in [-0.15, -0.1) is 0 Å². The summed E-state index contributed by atoms with van der Waals surface area (Å²) in [5.74, 6) is -1.10. The Kier molecular flexibility index (Phi) is 6.69. The highest BCUT2D eigenvalue weighted by Gasteiger charge is 2.35. The highest BCUT2D eigenvalue weighted by molar-refractivity contribution is 6.05. The van der Waals surface area contributed by atoms with E-state index >= 15 is 0 Å². The number of hydrogen-bond acceptors (Lipinski definition) is 4. The van der Waals surface area contributed by atoms with Crippen LogP contribution in [0.2, 0.25) is 0 Å². The molecule has 1 unspecified atom stereocenters. The number of nitrogens with one attached hydrogen (secondary N) is 3. The number of carbonyl (C=O) groups excluding carboxylic acids is 4. The van der Waals surface area contributed by atoms with Crippen molar-refractivity contribution in [2.45, 2.75) is 33.2 Å². The number of anilines is 3. The van der Waals surface area contributed by atoms with E-state index in [9.17, 15) is 19.2 Å². The second-order valence-corrected chi connectivity index (χ2v) is 7.82. The molecule has 4 amide bonds. The fraction of sp³-hybridized carbons (Fsp3) is 0.304. The maximum absolute atomic E-state index is 12.5. The van der Waals surface area contributed by atoms with Crippen LogP contribution in [0.1, 0.15) is 37.6 Å². The van der Waals surface area contributed by atoms with Crippen LogP contribution >= 0.6 is 0 Å². The van der Waals surface area contributed by atoms with Crippen LogP contribution in [0.5, 0.6) is 0 Å². The summed E-state index contributed by atoms with van der Waals surface area (Å²) in [6.45, 7) is 5.69. The molecule has 0 aliphatic carbocycles. The predicted molar refractivity (Wildman–Crippen MR) is 119 cm³/mol. The van der Waals surface area contributed by atoms with Gasteiger partial charge in [0.1, 0.15) is 0 Å². The lowest BCUT2D eigenvalue weighted by atomic mass is 10.1. The molecule has 0 spiro atoms. The van der Waals surface area contributed by atoms with Crippen molar-refractivity contribution in [1.29, 1.82) is 0 Å². The molecule has 1 saturated heterocycles. The second-order valence-electron chi connectivity index (χ2n) is 7.82. The molecule has 1 aliphatic heterocycles. The molecule has 0 bridgehead atoms. The molecule has 2 aromatic carbocycles. The summed E-state index contributed by atoms with van der Waals surface area (Å²) < 4.78 is 0. The van der Waals surface area contributed by atoms with Gasteiger partial charge in [0.2, 0.25) is 17.7 Å². The number of likely N-dealkylation sites (tertiary alicyclic amines) is 1. The molecule has 3 rings (SSSR count). The third-order valence-corrected chi connectivity index (χ3v) is 5.01. The van der Waals surface area contributed by atoms with Crippen LogP contribution in [-0.2, 0) is 14.4 Å². The van der Waals surface area contributed by atoms with Gasteiger partial charge in [-0.25, -0.2) is 0 Å². The van der Waals surface area contributed by atoms with Crippen LogP contribution in [0.4, 0.5) is 17.1 Å². The fourth-order valence-electron chi connectivity index (χ4n) is 3.44. The molecule has 3 N–H and O–H groups in total. The lowest BCUT2D eigenvalue weighted by Gasteiger charge is -2.20. The Balaban J connectivity index is 1.59. The van der Waals surface area contributed by atoms with E-state index in [1.54, 1.807) is 53.4 Å². The van der Waals surface area contributed by atoms with Gasteiger partial charge in [0, 0.05) is 48.6 Å². The van der Waals surface area contributed by atoms with Crippen molar-refractivity contribution >= 4 is 40.7 Å². The number of hydrogen-bond donors (Lipinski definition) is 3. The maximum atomic E-state index is 12.5. The molecule has 1 aliphatic rings. The quantitative estimate of drug-likeness (QED) is 0.665. The van der Waals surface area contributed by atoms with E-state index in [0.717, 1.165) is 0 Å². The summed E-state index contributed by atoms with van der Waals surface area (Å²) in [5, 5.41) is 8.26. The minimum atomic E-state index is -0.381. The van der Waals surface area contributed by atoms with E-state index in [0.29, 0.717) is 29.2 Å². The molecule has 31 heavy (non-hydrogen) atoms. The van der Waals surface area contributed by atoms with Gasteiger partial charge in [0.25, 0.3) is 5.91 Å². The zero-order valence-corrected chi connectivity index (χ0v) is 17.8.